The molecule has 2 amide bonds. The Morgan fingerprint density at radius 1 is 1.10 bits per heavy atom. The monoisotopic (exact) mass is 393 g/mol. The normalized spacial score (nSPS) is 17.2. The van der Waals surface area contributed by atoms with Crippen molar-refractivity contribution in [3.8, 4) is 11.3 Å². The molecule has 0 aliphatic carbocycles. The predicted octanol–water partition coefficient (Wildman–Crippen LogP) is 4.05. The molecule has 2 aliphatic heterocycles. The third-order valence-electron chi connectivity index (χ3n) is 5.23. The van der Waals surface area contributed by atoms with Crippen LogP contribution in [-0.2, 0) is 0 Å². The van der Waals surface area contributed by atoms with E-state index in [0.717, 1.165) is 31.3 Å². The standard InChI is InChI=1S/C21H17F2N5O/c22-14-9-13(10-15(23)11-14)17-4-5-18-20(25-17)28(16-6-8-27(18)12-16)21(29)26-19-3-1-2-7-24-19/h1-5,7,9-11,16H,6,8,12H2,(H,24,26,29)/t16-/m0/s1. The summed E-state index contributed by atoms with van der Waals surface area (Å²) in [5.41, 5.74) is 1.55. The number of amides is 2. The molecular weight excluding hydrogens is 376 g/mol. The molecule has 2 aromatic heterocycles. The number of hydrogen-bond donors (Lipinski definition) is 1. The lowest BCUT2D eigenvalue weighted by atomic mass is 10.1. The van der Waals surface area contributed by atoms with Crippen LogP contribution in [0.25, 0.3) is 11.3 Å². The van der Waals surface area contributed by atoms with Crippen LogP contribution in [0.5, 0.6) is 0 Å². The van der Waals surface area contributed by atoms with Crippen LogP contribution < -0.4 is 15.1 Å². The molecule has 2 bridgehead atoms. The van der Waals surface area contributed by atoms with Gasteiger partial charge in [0.1, 0.15) is 17.5 Å². The maximum Gasteiger partial charge on any atom is 0.329 e. The summed E-state index contributed by atoms with van der Waals surface area (Å²) < 4.78 is 27.4. The summed E-state index contributed by atoms with van der Waals surface area (Å²) in [6.07, 6.45) is 2.42. The summed E-state index contributed by atoms with van der Waals surface area (Å²) in [5.74, 6) is -0.418. The minimum atomic E-state index is -0.673. The van der Waals surface area contributed by atoms with E-state index in [1.807, 2.05) is 6.07 Å². The SMILES string of the molecule is O=C(Nc1ccccn1)N1c2nc(-c3cc(F)cc(F)c3)ccc2N2CC[C@H]1C2. The number of rotatable bonds is 2. The van der Waals surface area contributed by atoms with E-state index in [4.69, 9.17) is 0 Å². The molecule has 8 heteroatoms. The Morgan fingerprint density at radius 2 is 1.93 bits per heavy atom. The van der Waals surface area contributed by atoms with Gasteiger partial charge >= 0.3 is 6.03 Å². The molecule has 146 valence electrons. The number of halogens is 2. The van der Waals surface area contributed by atoms with E-state index in [9.17, 15) is 13.6 Å². The number of carbonyl (C=O) groups is 1. The Morgan fingerprint density at radius 3 is 2.69 bits per heavy atom. The van der Waals surface area contributed by atoms with Crippen LogP contribution in [0.15, 0.2) is 54.7 Å². The van der Waals surface area contributed by atoms with Crippen molar-refractivity contribution in [2.75, 3.05) is 28.2 Å². The third-order valence-corrected chi connectivity index (χ3v) is 5.23. The molecule has 0 radical (unpaired) electrons. The highest BCUT2D eigenvalue weighted by Crippen LogP contribution is 2.40. The number of pyridine rings is 2. The number of urea groups is 1. The number of nitrogens with one attached hydrogen (secondary N) is 1. The van der Waals surface area contributed by atoms with Gasteiger partial charge in [-0.15, -0.1) is 0 Å². The van der Waals surface area contributed by atoms with E-state index in [2.05, 4.69) is 20.2 Å². The number of carbonyl (C=O) groups excluding carboxylic acids is 1. The minimum absolute atomic E-state index is 0.0294. The Bertz CT molecular complexity index is 1070. The van der Waals surface area contributed by atoms with Crippen LogP contribution in [0.4, 0.5) is 30.9 Å². The predicted molar refractivity (Wildman–Crippen MR) is 106 cm³/mol. The summed E-state index contributed by atoms with van der Waals surface area (Å²) in [4.78, 5) is 25.6. The summed E-state index contributed by atoms with van der Waals surface area (Å²) in [6.45, 7) is 1.54. The van der Waals surface area contributed by atoms with Gasteiger partial charge in [-0.3, -0.25) is 10.2 Å². The Balaban J connectivity index is 1.55. The average Bonchev–Trinajstić information content (AvgIpc) is 3.12. The fraction of sp³-hybridized carbons (Fsp3) is 0.190. The molecule has 0 saturated carbocycles. The quantitative estimate of drug-likeness (QED) is 0.714. The van der Waals surface area contributed by atoms with Crippen LogP contribution in [-0.4, -0.2) is 35.1 Å². The lowest BCUT2D eigenvalue weighted by molar-refractivity contribution is 0.254. The number of nitrogens with zero attached hydrogens (tertiary/aromatic N) is 4. The fourth-order valence-electron chi connectivity index (χ4n) is 3.94. The number of anilines is 3. The van der Waals surface area contributed by atoms with Gasteiger partial charge in [-0.05, 0) is 42.8 Å². The van der Waals surface area contributed by atoms with E-state index < -0.39 is 11.6 Å². The van der Waals surface area contributed by atoms with Gasteiger partial charge < -0.3 is 4.90 Å². The van der Waals surface area contributed by atoms with Gasteiger partial charge in [-0.2, -0.15) is 0 Å². The second-order valence-electron chi connectivity index (χ2n) is 7.10. The number of benzene rings is 1. The van der Waals surface area contributed by atoms with Crippen molar-refractivity contribution in [2.24, 2.45) is 0 Å². The van der Waals surface area contributed by atoms with Gasteiger partial charge in [-0.25, -0.2) is 23.5 Å². The molecule has 3 aromatic rings. The fourth-order valence-corrected chi connectivity index (χ4v) is 3.94. The molecule has 0 spiro atoms. The zero-order valence-electron chi connectivity index (χ0n) is 15.3. The molecule has 6 nitrogen and oxygen atoms in total. The molecule has 1 saturated heterocycles. The van der Waals surface area contributed by atoms with Gasteiger partial charge in [0.15, 0.2) is 5.82 Å². The molecule has 29 heavy (non-hydrogen) atoms. The highest BCUT2D eigenvalue weighted by molar-refractivity contribution is 6.04. The second-order valence-corrected chi connectivity index (χ2v) is 7.10. The van der Waals surface area contributed by atoms with Crippen LogP contribution in [0, 0.1) is 11.6 Å². The van der Waals surface area contributed by atoms with Gasteiger partial charge in [-0.1, -0.05) is 6.07 Å². The molecule has 1 N–H and O–H groups in total. The molecular formula is C21H17F2N5O. The first-order valence-electron chi connectivity index (χ1n) is 9.32. The highest BCUT2D eigenvalue weighted by Gasteiger charge is 2.40. The van der Waals surface area contributed by atoms with E-state index in [0.29, 0.717) is 22.9 Å². The van der Waals surface area contributed by atoms with Crippen molar-refractivity contribution < 1.29 is 13.6 Å². The number of fused-ring (bicyclic) bond motifs is 4. The maximum atomic E-state index is 13.7. The molecule has 1 atom stereocenters. The van der Waals surface area contributed by atoms with Crippen molar-refractivity contribution in [1.82, 2.24) is 9.97 Å². The molecule has 2 aliphatic rings. The first-order valence-corrected chi connectivity index (χ1v) is 9.32. The Kier molecular flexibility index (Phi) is 4.12. The van der Waals surface area contributed by atoms with E-state index in [-0.39, 0.29) is 12.1 Å². The molecule has 0 unspecified atom stereocenters. The first-order chi connectivity index (χ1) is 14.1. The molecule has 5 rings (SSSR count). The lowest BCUT2D eigenvalue weighted by Gasteiger charge is -2.35. The van der Waals surface area contributed by atoms with Crippen LogP contribution in [0.2, 0.25) is 0 Å². The number of hydrogen-bond acceptors (Lipinski definition) is 4. The van der Waals surface area contributed by atoms with Gasteiger partial charge in [0.2, 0.25) is 0 Å². The third kappa shape index (κ3) is 3.16. The minimum Gasteiger partial charge on any atom is -0.366 e. The van der Waals surface area contributed by atoms with E-state index in [1.165, 1.54) is 12.1 Å². The van der Waals surface area contributed by atoms with Crippen LogP contribution in [0.1, 0.15) is 6.42 Å². The summed E-state index contributed by atoms with van der Waals surface area (Å²) in [6, 6.07) is 11.8. The van der Waals surface area contributed by atoms with E-state index >= 15 is 0 Å². The first kappa shape index (κ1) is 17.5. The largest absolute Gasteiger partial charge is 0.366 e. The van der Waals surface area contributed by atoms with Gasteiger partial charge in [0.25, 0.3) is 0 Å². The molecule has 4 heterocycles. The van der Waals surface area contributed by atoms with Crippen LogP contribution >= 0.6 is 0 Å². The zero-order valence-corrected chi connectivity index (χ0v) is 15.3. The van der Waals surface area contributed by atoms with Crippen molar-refractivity contribution in [3.05, 3.63) is 66.4 Å². The van der Waals surface area contributed by atoms with Crippen molar-refractivity contribution in [1.29, 1.82) is 0 Å². The smallest absolute Gasteiger partial charge is 0.329 e. The van der Waals surface area contributed by atoms with Crippen molar-refractivity contribution in [2.45, 2.75) is 12.5 Å². The lowest BCUT2D eigenvalue weighted by Crippen LogP contribution is -2.48. The topological polar surface area (TPSA) is 61.4 Å². The van der Waals surface area contributed by atoms with Crippen LogP contribution in [0.3, 0.4) is 0 Å². The summed E-state index contributed by atoms with van der Waals surface area (Å²) in [7, 11) is 0. The van der Waals surface area contributed by atoms with Gasteiger partial charge in [0, 0.05) is 30.9 Å². The second kappa shape index (κ2) is 6.80. The van der Waals surface area contributed by atoms with Crippen molar-refractivity contribution >= 4 is 23.4 Å². The Hall–Kier alpha value is -3.55. The maximum absolute atomic E-state index is 13.7. The summed E-state index contributed by atoms with van der Waals surface area (Å²) in [5, 5.41) is 2.81. The highest BCUT2D eigenvalue weighted by atomic mass is 19.1. The number of aromatic nitrogens is 2. The average molecular weight is 393 g/mol. The van der Waals surface area contributed by atoms with Crippen molar-refractivity contribution in [3.63, 3.8) is 0 Å². The van der Waals surface area contributed by atoms with Gasteiger partial charge in [0.05, 0.1) is 17.4 Å². The van der Waals surface area contributed by atoms with E-state index in [1.54, 1.807) is 35.4 Å². The Labute approximate surface area is 165 Å². The zero-order chi connectivity index (χ0) is 20.0. The molecule has 1 fully saturated rings. The summed E-state index contributed by atoms with van der Waals surface area (Å²) >= 11 is 0. The molecule has 1 aromatic carbocycles.